The van der Waals surface area contributed by atoms with Gasteiger partial charge in [0.05, 0.1) is 13.1 Å². The summed E-state index contributed by atoms with van der Waals surface area (Å²) in [6, 6.07) is -0.555. The lowest BCUT2D eigenvalue weighted by molar-refractivity contribution is -0.146. The summed E-state index contributed by atoms with van der Waals surface area (Å²) < 4.78 is 0. The molecule has 0 bridgehead atoms. The Kier molecular flexibility index (Phi) is 5.66. The van der Waals surface area contributed by atoms with E-state index in [4.69, 9.17) is 6.42 Å². The SMILES string of the molecule is C#CCNC(=O)CN1CCC(CC)CC1C(=O)O. The minimum absolute atomic E-state index is 0.106. The largest absolute Gasteiger partial charge is 0.480 e. The highest BCUT2D eigenvalue weighted by Gasteiger charge is 2.33. The number of likely N-dealkylation sites (tertiary alicyclic amines) is 1. The van der Waals surface area contributed by atoms with E-state index in [0.29, 0.717) is 18.9 Å². The van der Waals surface area contributed by atoms with Crippen LogP contribution in [0.1, 0.15) is 26.2 Å². The molecule has 0 aromatic carbocycles. The number of piperidine rings is 1. The number of amides is 1. The number of nitrogens with zero attached hydrogens (tertiary/aromatic N) is 1. The van der Waals surface area contributed by atoms with Gasteiger partial charge in [0.1, 0.15) is 6.04 Å². The molecule has 100 valence electrons. The lowest BCUT2D eigenvalue weighted by atomic mass is 9.89. The molecule has 0 aromatic rings. The minimum Gasteiger partial charge on any atom is -0.480 e. The number of carbonyl (C=O) groups is 2. The van der Waals surface area contributed by atoms with E-state index in [2.05, 4.69) is 18.2 Å². The van der Waals surface area contributed by atoms with Gasteiger partial charge in [0, 0.05) is 0 Å². The number of carboxylic acids is 1. The molecule has 1 saturated heterocycles. The van der Waals surface area contributed by atoms with Gasteiger partial charge in [-0.3, -0.25) is 14.5 Å². The first kappa shape index (κ1) is 14.5. The quantitative estimate of drug-likeness (QED) is 0.691. The smallest absolute Gasteiger partial charge is 0.320 e. The normalized spacial score (nSPS) is 24.2. The molecule has 1 rings (SSSR count). The fourth-order valence-corrected chi connectivity index (χ4v) is 2.29. The molecule has 0 aromatic heterocycles. The van der Waals surface area contributed by atoms with Gasteiger partial charge in [-0.2, -0.15) is 0 Å². The second kappa shape index (κ2) is 7.02. The van der Waals surface area contributed by atoms with Crippen LogP contribution in [-0.4, -0.2) is 47.6 Å². The number of hydrogen-bond acceptors (Lipinski definition) is 3. The maximum atomic E-state index is 11.5. The van der Waals surface area contributed by atoms with Crippen LogP contribution in [-0.2, 0) is 9.59 Å². The Balaban J connectivity index is 2.55. The van der Waals surface area contributed by atoms with Gasteiger partial charge in [-0.1, -0.05) is 19.3 Å². The predicted molar refractivity (Wildman–Crippen MR) is 67.9 cm³/mol. The van der Waals surface area contributed by atoms with Crippen molar-refractivity contribution in [3.63, 3.8) is 0 Å². The van der Waals surface area contributed by atoms with Crippen LogP contribution in [0.4, 0.5) is 0 Å². The monoisotopic (exact) mass is 252 g/mol. The van der Waals surface area contributed by atoms with Crippen LogP contribution in [0.5, 0.6) is 0 Å². The van der Waals surface area contributed by atoms with Crippen molar-refractivity contribution in [2.24, 2.45) is 5.92 Å². The van der Waals surface area contributed by atoms with Crippen LogP contribution in [0, 0.1) is 18.3 Å². The number of rotatable bonds is 5. The molecule has 5 nitrogen and oxygen atoms in total. The summed E-state index contributed by atoms with van der Waals surface area (Å²) in [4.78, 5) is 24.5. The Morgan fingerprint density at radius 1 is 1.56 bits per heavy atom. The van der Waals surface area contributed by atoms with E-state index in [1.165, 1.54) is 0 Å². The number of aliphatic carboxylic acids is 1. The summed E-state index contributed by atoms with van der Waals surface area (Å²) in [7, 11) is 0. The number of hydrogen-bond donors (Lipinski definition) is 2. The lowest BCUT2D eigenvalue weighted by Gasteiger charge is -2.36. The summed E-state index contributed by atoms with van der Waals surface area (Å²) in [6.07, 6.45) is 7.60. The van der Waals surface area contributed by atoms with Gasteiger partial charge in [0.25, 0.3) is 0 Å². The molecule has 1 heterocycles. The molecule has 1 aliphatic rings. The number of carboxylic acid groups (broad SMARTS) is 1. The van der Waals surface area contributed by atoms with Crippen molar-refractivity contribution in [2.45, 2.75) is 32.2 Å². The Morgan fingerprint density at radius 3 is 2.83 bits per heavy atom. The Hall–Kier alpha value is -1.54. The van der Waals surface area contributed by atoms with E-state index in [9.17, 15) is 14.7 Å². The van der Waals surface area contributed by atoms with Gasteiger partial charge in [-0.05, 0) is 25.3 Å². The molecule has 2 atom stereocenters. The van der Waals surface area contributed by atoms with Crippen LogP contribution in [0.3, 0.4) is 0 Å². The van der Waals surface area contributed by atoms with E-state index >= 15 is 0 Å². The van der Waals surface area contributed by atoms with Crippen molar-refractivity contribution >= 4 is 11.9 Å². The lowest BCUT2D eigenvalue weighted by Crippen LogP contribution is -2.50. The molecule has 0 saturated carbocycles. The zero-order valence-corrected chi connectivity index (χ0v) is 10.7. The van der Waals surface area contributed by atoms with Gasteiger partial charge >= 0.3 is 5.97 Å². The Labute approximate surface area is 108 Å². The molecule has 5 heteroatoms. The molecule has 0 radical (unpaired) electrons. The fourth-order valence-electron chi connectivity index (χ4n) is 2.29. The molecule has 0 spiro atoms. The number of carbonyl (C=O) groups excluding carboxylic acids is 1. The van der Waals surface area contributed by atoms with E-state index in [0.717, 1.165) is 12.8 Å². The van der Waals surface area contributed by atoms with Gasteiger partial charge in [-0.25, -0.2) is 0 Å². The van der Waals surface area contributed by atoms with E-state index in [1.807, 2.05) is 0 Å². The van der Waals surface area contributed by atoms with Crippen molar-refractivity contribution in [3.8, 4) is 12.3 Å². The minimum atomic E-state index is -0.849. The maximum absolute atomic E-state index is 11.5. The summed E-state index contributed by atoms with van der Waals surface area (Å²) in [6.45, 7) is 3.01. The molecular formula is C13H20N2O3. The molecule has 1 aliphatic heterocycles. The zero-order valence-electron chi connectivity index (χ0n) is 10.7. The van der Waals surface area contributed by atoms with Crippen LogP contribution in [0.15, 0.2) is 0 Å². The first-order chi connectivity index (χ1) is 8.58. The van der Waals surface area contributed by atoms with Gasteiger partial charge in [0.15, 0.2) is 0 Å². The summed E-state index contributed by atoms with van der Waals surface area (Å²) in [5, 5.41) is 11.8. The van der Waals surface area contributed by atoms with Crippen LogP contribution in [0.25, 0.3) is 0 Å². The first-order valence-corrected chi connectivity index (χ1v) is 6.25. The van der Waals surface area contributed by atoms with Gasteiger partial charge < -0.3 is 10.4 Å². The second-order valence-corrected chi connectivity index (χ2v) is 4.60. The van der Waals surface area contributed by atoms with Gasteiger partial charge in [0.2, 0.25) is 5.91 Å². The van der Waals surface area contributed by atoms with Crippen LogP contribution >= 0.6 is 0 Å². The highest BCUT2D eigenvalue weighted by atomic mass is 16.4. The average molecular weight is 252 g/mol. The first-order valence-electron chi connectivity index (χ1n) is 6.25. The topological polar surface area (TPSA) is 69.6 Å². The molecule has 18 heavy (non-hydrogen) atoms. The predicted octanol–water partition coefficient (Wildman–Crippen LogP) is 0.311. The molecule has 0 aliphatic carbocycles. The number of terminal acetylenes is 1. The third-order valence-corrected chi connectivity index (χ3v) is 3.42. The Morgan fingerprint density at radius 2 is 2.28 bits per heavy atom. The molecule has 2 unspecified atom stereocenters. The van der Waals surface area contributed by atoms with Crippen molar-refractivity contribution in [2.75, 3.05) is 19.6 Å². The van der Waals surface area contributed by atoms with Crippen molar-refractivity contribution in [1.82, 2.24) is 10.2 Å². The maximum Gasteiger partial charge on any atom is 0.320 e. The second-order valence-electron chi connectivity index (χ2n) is 4.60. The van der Waals surface area contributed by atoms with E-state index < -0.39 is 12.0 Å². The summed E-state index contributed by atoms with van der Waals surface area (Å²) in [5.74, 6) is 1.70. The molecule has 1 amide bonds. The number of nitrogens with one attached hydrogen (secondary N) is 1. The molecule has 2 N–H and O–H groups in total. The Bertz CT molecular complexity index is 349. The molecular weight excluding hydrogens is 232 g/mol. The average Bonchev–Trinajstić information content (AvgIpc) is 2.36. The van der Waals surface area contributed by atoms with E-state index in [1.54, 1.807) is 4.90 Å². The summed E-state index contributed by atoms with van der Waals surface area (Å²) >= 11 is 0. The van der Waals surface area contributed by atoms with Crippen LogP contribution < -0.4 is 5.32 Å². The van der Waals surface area contributed by atoms with Crippen LogP contribution in [0.2, 0.25) is 0 Å². The zero-order chi connectivity index (χ0) is 13.5. The third kappa shape index (κ3) is 4.04. The molecule has 1 fully saturated rings. The third-order valence-electron chi connectivity index (χ3n) is 3.42. The van der Waals surface area contributed by atoms with E-state index in [-0.39, 0.29) is 19.0 Å². The highest BCUT2D eigenvalue weighted by Crippen LogP contribution is 2.25. The summed E-state index contributed by atoms with van der Waals surface area (Å²) in [5.41, 5.74) is 0. The standard InChI is InChI=1S/C13H20N2O3/c1-3-6-14-12(16)9-15-7-5-10(4-2)8-11(15)13(17)18/h1,10-11H,4-9H2,2H3,(H,14,16)(H,17,18). The van der Waals surface area contributed by atoms with Crippen molar-refractivity contribution in [1.29, 1.82) is 0 Å². The van der Waals surface area contributed by atoms with Crippen molar-refractivity contribution < 1.29 is 14.7 Å². The van der Waals surface area contributed by atoms with Crippen molar-refractivity contribution in [3.05, 3.63) is 0 Å². The fraction of sp³-hybridized carbons (Fsp3) is 0.692. The van der Waals surface area contributed by atoms with Gasteiger partial charge in [-0.15, -0.1) is 6.42 Å². The highest BCUT2D eigenvalue weighted by molar-refractivity contribution is 5.80.